The lowest BCUT2D eigenvalue weighted by Gasteiger charge is -2.27. The zero-order chi connectivity index (χ0) is 19.0. The quantitative estimate of drug-likeness (QED) is 0.657. The summed E-state index contributed by atoms with van der Waals surface area (Å²) >= 11 is 12.1. The first kappa shape index (κ1) is 17.6. The Kier molecular flexibility index (Phi) is 4.64. The van der Waals surface area contributed by atoms with Gasteiger partial charge in [0.05, 0.1) is 17.8 Å². The van der Waals surface area contributed by atoms with Crippen LogP contribution in [0.4, 0.5) is 11.5 Å². The molecule has 1 aliphatic rings. The third-order valence-corrected chi connectivity index (χ3v) is 4.83. The third-order valence-electron chi connectivity index (χ3n) is 4.38. The topological polar surface area (TPSA) is 54.5 Å². The predicted molar refractivity (Wildman–Crippen MR) is 107 cm³/mol. The summed E-state index contributed by atoms with van der Waals surface area (Å²) < 4.78 is 5.42. The summed E-state index contributed by atoms with van der Waals surface area (Å²) in [4.78, 5) is 19.0. The Bertz CT molecular complexity index is 1010. The first-order valence-electron chi connectivity index (χ1n) is 8.22. The van der Waals surface area contributed by atoms with Crippen molar-refractivity contribution in [2.45, 2.75) is 6.17 Å². The summed E-state index contributed by atoms with van der Waals surface area (Å²) in [6.45, 7) is 0. The van der Waals surface area contributed by atoms with Gasteiger partial charge in [0, 0.05) is 22.3 Å². The number of benzene rings is 2. The van der Waals surface area contributed by atoms with Gasteiger partial charge in [0.1, 0.15) is 17.7 Å². The highest BCUT2D eigenvalue weighted by molar-refractivity contribution is 6.31. The van der Waals surface area contributed by atoms with Crippen LogP contribution in [0.5, 0.6) is 5.75 Å². The number of ether oxygens (including phenoxy) is 1. The van der Waals surface area contributed by atoms with Crippen LogP contribution in [0, 0.1) is 0 Å². The second kappa shape index (κ2) is 7.10. The fraction of sp³-hybridized carbons (Fsp3) is 0.100. The average molecular weight is 400 g/mol. The summed E-state index contributed by atoms with van der Waals surface area (Å²) in [5, 5.41) is 4.44. The second-order valence-corrected chi connectivity index (χ2v) is 6.86. The molecule has 0 bridgehead atoms. The van der Waals surface area contributed by atoms with E-state index < -0.39 is 6.17 Å². The minimum atomic E-state index is -0.463. The fourth-order valence-corrected chi connectivity index (χ4v) is 3.43. The molecule has 0 saturated carbocycles. The van der Waals surface area contributed by atoms with Crippen LogP contribution in [0.2, 0.25) is 10.0 Å². The Morgan fingerprint density at radius 1 is 1.07 bits per heavy atom. The lowest BCUT2D eigenvalue weighted by atomic mass is 10.1. The molecule has 0 radical (unpaired) electrons. The van der Waals surface area contributed by atoms with Crippen LogP contribution >= 0.6 is 23.2 Å². The zero-order valence-electron chi connectivity index (χ0n) is 14.3. The van der Waals surface area contributed by atoms with E-state index in [0.29, 0.717) is 32.9 Å². The predicted octanol–water partition coefficient (Wildman–Crippen LogP) is 5.17. The summed E-state index contributed by atoms with van der Waals surface area (Å²) in [6.07, 6.45) is 1.05. The lowest BCUT2D eigenvalue weighted by Crippen LogP contribution is -2.33. The molecular formula is C20H15Cl2N3O2. The molecule has 3 aromatic rings. The van der Waals surface area contributed by atoms with Gasteiger partial charge >= 0.3 is 0 Å². The summed E-state index contributed by atoms with van der Waals surface area (Å²) in [5.74, 6) is 0.984. The van der Waals surface area contributed by atoms with E-state index in [1.54, 1.807) is 48.4 Å². The highest BCUT2D eigenvalue weighted by atomic mass is 35.5. The molecule has 0 spiro atoms. The van der Waals surface area contributed by atoms with Crippen LogP contribution in [0.3, 0.4) is 0 Å². The number of aromatic nitrogens is 1. The zero-order valence-corrected chi connectivity index (χ0v) is 15.8. The van der Waals surface area contributed by atoms with E-state index >= 15 is 0 Å². The third kappa shape index (κ3) is 3.20. The SMILES string of the molecule is COc1ccc(Cl)cc1N[C@@H]1c2ccccc2C(=O)N1c1ccc(Cl)cn1. The van der Waals surface area contributed by atoms with Gasteiger partial charge in [-0.25, -0.2) is 4.98 Å². The van der Waals surface area contributed by atoms with E-state index in [9.17, 15) is 4.79 Å². The molecule has 1 amide bonds. The number of anilines is 2. The van der Waals surface area contributed by atoms with E-state index in [-0.39, 0.29) is 5.91 Å². The van der Waals surface area contributed by atoms with E-state index in [4.69, 9.17) is 27.9 Å². The Labute approximate surface area is 166 Å². The summed E-state index contributed by atoms with van der Waals surface area (Å²) in [5.41, 5.74) is 2.15. The van der Waals surface area contributed by atoms with E-state index in [1.165, 1.54) is 6.20 Å². The maximum absolute atomic E-state index is 13.1. The lowest BCUT2D eigenvalue weighted by molar-refractivity contribution is 0.0992. The number of nitrogens with zero attached hydrogens (tertiary/aromatic N) is 2. The first-order valence-corrected chi connectivity index (χ1v) is 8.98. The molecular weight excluding hydrogens is 385 g/mol. The average Bonchev–Trinajstić information content (AvgIpc) is 2.95. The van der Waals surface area contributed by atoms with Crippen LogP contribution in [0.15, 0.2) is 60.8 Å². The van der Waals surface area contributed by atoms with Gasteiger partial charge < -0.3 is 10.1 Å². The van der Waals surface area contributed by atoms with Crippen LogP contribution in [0.25, 0.3) is 0 Å². The summed E-state index contributed by atoms with van der Waals surface area (Å²) in [6, 6.07) is 16.2. The molecule has 1 aromatic heterocycles. The van der Waals surface area contributed by atoms with Crippen LogP contribution in [-0.4, -0.2) is 18.0 Å². The second-order valence-electron chi connectivity index (χ2n) is 5.99. The van der Waals surface area contributed by atoms with Crippen LogP contribution in [0.1, 0.15) is 22.1 Å². The van der Waals surface area contributed by atoms with Crippen molar-refractivity contribution in [2.75, 3.05) is 17.3 Å². The molecule has 136 valence electrons. The smallest absolute Gasteiger partial charge is 0.261 e. The molecule has 5 nitrogen and oxygen atoms in total. The molecule has 0 aliphatic carbocycles. The minimum absolute atomic E-state index is 0.140. The molecule has 1 N–H and O–H groups in total. The van der Waals surface area contributed by atoms with Crippen molar-refractivity contribution in [3.8, 4) is 5.75 Å². The van der Waals surface area contributed by atoms with Crippen molar-refractivity contribution in [3.05, 3.63) is 82.0 Å². The number of hydrogen-bond donors (Lipinski definition) is 1. The van der Waals surface area contributed by atoms with Gasteiger partial charge in [0.25, 0.3) is 5.91 Å². The molecule has 2 heterocycles. The van der Waals surface area contributed by atoms with Crippen molar-refractivity contribution in [1.29, 1.82) is 0 Å². The van der Waals surface area contributed by atoms with E-state index in [1.807, 2.05) is 18.2 Å². The molecule has 0 unspecified atom stereocenters. The number of pyridine rings is 1. The number of amides is 1. The number of nitrogens with one attached hydrogen (secondary N) is 1. The number of fused-ring (bicyclic) bond motifs is 1. The maximum Gasteiger partial charge on any atom is 0.261 e. The van der Waals surface area contributed by atoms with Crippen LogP contribution in [-0.2, 0) is 0 Å². The van der Waals surface area contributed by atoms with Gasteiger partial charge in [-0.3, -0.25) is 9.69 Å². The van der Waals surface area contributed by atoms with Gasteiger partial charge in [-0.15, -0.1) is 0 Å². The van der Waals surface area contributed by atoms with Gasteiger partial charge in [-0.05, 0) is 36.4 Å². The number of carbonyl (C=O) groups is 1. The number of rotatable bonds is 4. The fourth-order valence-electron chi connectivity index (χ4n) is 3.15. The van der Waals surface area contributed by atoms with Gasteiger partial charge in [-0.1, -0.05) is 41.4 Å². The summed E-state index contributed by atoms with van der Waals surface area (Å²) in [7, 11) is 1.58. The number of hydrogen-bond acceptors (Lipinski definition) is 4. The van der Waals surface area contributed by atoms with E-state index in [2.05, 4.69) is 10.3 Å². The first-order chi connectivity index (χ1) is 13.1. The largest absolute Gasteiger partial charge is 0.495 e. The van der Waals surface area contributed by atoms with Gasteiger partial charge in [0.2, 0.25) is 0 Å². The highest BCUT2D eigenvalue weighted by Gasteiger charge is 2.38. The Morgan fingerprint density at radius 3 is 2.59 bits per heavy atom. The van der Waals surface area contributed by atoms with Crippen molar-refractivity contribution >= 4 is 40.6 Å². The van der Waals surface area contributed by atoms with Crippen molar-refractivity contribution < 1.29 is 9.53 Å². The standard InChI is InChI=1S/C20H15Cl2N3O2/c1-27-17-8-6-12(21)10-16(17)24-19-14-4-2-3-5-15(14)20(26)25(19)18-9-7-13(22)11-23-18/h2-11,19,24H,1H3/t19-/m0/s1. The van der Waals surface area contributed by atoms with Crippen molar-refractivity contribution in [3.63, 3.8) is 0 Å². The molecule has 1 atom stereocenters. The molecule has 0 saturated heterocycles. The monoisotopic (exact) mass is 399 g/mol. The molecule has 0 fully saturated rings. The van der Waals surface area contributed by atoms with Gasteiger partial charge in [0.15, 0.2) is 0 Å². The Hall–Kier alpha value is -2.76. The Morgan fingerprint density at radius 2 is 1.85 bits per heavy atom. The number of methoxy groups -OCH3 is 1. The molecule has 4 rings (SSSR count). The Balaban J connectivity index is 1.80. The van der Waals surface area contributed by atoms with Crippen molar-refractivity contribution in [1.82, 2.24) is 4.98 Å². The highest BCUT2D eigenvalue weighted by Crippen LogP contribution is 2.39. The molecule has 27 heavy (non-hydrogen) atoms. The van der Waals surface area contributed by atoms with Crippen LogP contribution < -0.4 is 15.0 Å². The number of halogens is 2. The van der Waals surface area contributed by atoms with Gasteiger partial charge in [-0.2, -0.15) is 0 Å². The molecule has 1 aliphatic heterocycles. The van der Waals surface area contributed by atoms with E-state index in [0.717, 1.165) is 5.56 Å². The normalized spacial score (nSPS) is 15.6. The maximum atomic E-state index is 13.1. The minimum Gasteiger partial charge on any atom is -0.495 e. The molecule has 2 aromatic carbocycles. The molecule has 7 heteroatoms. The van der Waals surface area contributed by atoms with Crippen molar-refractivity contribution in [2.24, 2.45) is 0 Å². The number of carbonyl (C=O) groups excluding carboxylic acids is 1.